The third kappa shape index (κ3) is 4.98. The molecule has 2 aromatic heterocycles. The fourth-order valence-electron chi connectivity index (χ4n) is 3.80. The lowest BCUT2D eigenvalue weighted by atomic mass is 10.0. The Bertz CT molecular complexity index is 1680. The van der Waals surface area contributed by atoms with Crippen molar-refractivity contribution in [3.63, 3.8) is 0 Å². The Morgan fingerprint density at radius 3 is 2.29 bits per heavy atom. The fourth-order valence-corrected chi connectivity index (χ4v) is 3.97. The molecule has 0 saturated carbocycles. The predicted octanol–water partition coefficient (Wildman–Crippen LogP) is 6.69. The Hall–Kier alpha value is -4.57. The zero-order chi connectivity index (χ0) is 27.0. The van der Waals surface area contributed by atoms with Crippen LogP contribution in [0.4, 0.5) is 23.2 Å². The lowest BCUT2D eigenvalue weighted by Crippen LogP contribution is -2.17. The maximum absolute atomic E-state index is 13.9. The summed E-state index contributed by atoms with van der Waals surface area (Å²) in [5.41, 5.74) is -1.08. The summed E-state index contributed by atoms with van der Waals surface area (Å²) in [6.07, 6.45) is -4.83. The topological polar surface area (TPSA) is 76.4 Å². The minimum Gasteiger partial charge on any atom is -0.320 e. The molecule has 38 heavy (non-hydrogen) atoms. The Balaban J connectivity index is 1.53. The number of fused-ring (bicyclic) bond motifs is 1. The third-order valence-corrected chi connectivity index (χ3v) is 5.84. The molecule has 1 N–H and O–H groups in total. The maximum atomic E-state index is 13.9. The van der Waals surface area contributed by atoms with Gasteiger partial charge in [-0.2, -0.15) is 18.3 Å². The van der Waals surface area contributed by atoms with Crippen LogP contribution in [0.3, 0.4) is 0 Å². The molecule has 0 spiro atoms. The first-order chi connectivity index (χ1) is 18.1. The van der Waals surface area contributed by atoms with Gasteiger partial charge in [-0.1, -0.05) is 41.9 Å². The number of hydrogen-bond donors (Lipinski definition) is 1. The maximum Gasteiger partial charge on any atom is 0.433 e. The number of hydrogen-bond acceptors (Lipinski definition) is 4. The molecule has 0 aliphatic heterocycles. The first kappa shape index (κ1) is 25.1. The largest absolute Gasteiger partial charge is 0.433 e. The van der Waals surface area contributed by atoms with Crippen LogP contribution in [-0.4, -0.2) is 26.3 Å². The van der Waals surface area contributed by atoms with E-state index in [1.54, 1.807) is 30.3 Å². The minimum atomic E-state index is -4.83. The molecule has 5 aromatic rings. The summed E-state index contributed by atoms with van der Waals surface area (Å²) in [6, 6.07) is 19.2. The summed E-state index contributed by atoms with van der Waals surface area (Å²) in [6.45, 7) is 0. The number of benzene rings is 3. The number of nitrogens with zero attached hydrogens (tertiary/aromatic N) is 3. The van der Waals surface area contributed by atoms with E-state index in [0.717, 1.165) is 24.3 Å². The monoisotopic (exact) mass is 538 g/mol. The normalized spacial score (nSPS) is 11.5. The van der Waals surface area contributed by atoms with Crippen LogP contribution in [0.25, 0.3) is 16.9 Å². The van der Waals surface area contributed by atoms with E-state index in [1.165, 1.54) is 30.3 Å². The molecule has 1 amide bonds. The van der Waals surface area contributed by atoms with Gasteiger partial charge in [-0.15, -0.1) is 0 Å². The van der Waals surface area contributed by atoms with Gasteiger partial charge in [0.05, 0.1) is 11.4 Å². The molecular formula is C27H15ClF4N4O2. The average molecular weight is 539 g/mol. The number of amides is 1. The molecule has 2 heterocycles. The highest BCUT2D eigenvalue weighted by Crippen LogP contribution is 2.32. The summed E-state index contributed by atoms with van der Waals surface area (Å²) in [5.74, 6) is -1.83. The standard InChI is InChI=1S/C27H15ClF4N4O2/c28-17-8-11-20(19(12-17)25(37)16-4-2-1-3-5-16)34-26(38)22-14-24-33-21(15-6-9-18(29)10-7-15)13-23(27(30,31)32)36(24)35-22/h1-14H,(H,34,38). The molecule has 0 fully saturated rings. The van der Waals surface area contributed by atoms with Crippen LogP contribution in [0.15, 0.2) is 84.9 Å². The molecule has 0 bridgehead atoms. The summed E-state index contributed by atoms with van der Waals surface area (Å²) in [7, 11) is 0. The van der Waals surface area contributed by atoms with Crippen molar-refractivity contribution in [3.8, 4) is 11.3 Å². The van der Waals surface area contributed by atoms with Crippen molar-refractivity contribution < 1.29 is 27.2 Å². The van der Waals surface area contributed by atoms with Gasteiger partial charge < -0.3 is 5.32 Å². The molecule has 0 aliphatic rings. The highest BCUT2D eigenvalue weighted by Gasteiger charge is 2.35. The first-order valence-electron chi connectivity index (χ1n) is 11.0. The molecule has 0 radical (unpaired) electrons. The Labute approximate surface area is 217 Å². The van der Waals surface area contributed by atoms with Crippen molar-refractivity contribution in [2.45, 2.75) is 6.18 Å². The van der Waals surface area contributed by atoms with Gasteiger partial charge >= 0.3 is 6.18 Å². The smallest absolute Gasteiger partial charge is 0.320 e. The lowest BCUT2D eigenvalue weighted by Gasteiger charge is -2.11. The number of carbonyl (C=O) groups is 2. The van der Waals surface area contributed by atoms with E-state index in [0.29, 0.717) is 10.1 Å². The van der Waals surface area contributed by atoms with Crippen LogP contribution < -0.4 is 5.32 Å². The van der Waals surface area contributed by atoms with E-state index in [2.05, 4.69) is 15.4 Å². The van der Waals surface area contributed by atoms with E-state index in [4.69, 9.17) is 11.6 Å². The third-order valence-electron chi connectivity index (χ3n) is 5.60. The second-order valence-corrected chi connectivity index (χ2v) is 8.61. The number of anilines is 1. The number of alkyl halides is 3. The zero-order valence-electron chi connectivity index (χ0n) is 19.1. The van der Waals surface area contributed by atoms with Crippen LogP contribution in [0.1, 0.15) is 32.1 Å². The summed E-state index contributed by atoms with van der Waals surface area (Å²) < 4.78 is 55.4. The number of halogens is 5. The molecule has 6 nitrogen and oxygen atoms in total. The minimum absolute atomic E-state index is 0.0786. The average Bonchev–Trinajstić information content (AvgIpc) is 3.33. The van der Waals surface area contributed by atoms with E-state index in [9.17, 15) is 27.2 Å². The predicted molar refractivity (Wildman–Crippen MR) is 133 cm³/mol. The molecule has 0 atom stereocenters. The van der Waals surface area contributed by atoms with Gasteiger partial charge in [-0.25, -0.2) is 13.9 Å². The molecule has 0 aliphatic carbocycles. The van der Waals surface area contributed by atoms with Crippen molar-refractivity contribution in [1.82, 2.24) is 14.6 Å². The quantitative estimate of drug-likeness (QED) is 0.200. The molecule has 5 rings (SSSR count). The van der Waals surface area contributed by atoms with Gasteiger partial charge in [0.1, 0.15) is 5.82 Å². The Morgan fingerprint density at radius 1 is 0.895 bits per heavy atom. The van der Waals surface area contributed by atoms with Gasteiger partial charge in [0.25, 0.3) is 5.91 Å². The molecular weight excluding hydrogens is 524 g/mol. The molecule has 0 saturated heterocycles. The van der Waals surface area contributed by atoms with Crippen LogP contribution in [0.2, 0.25) is 5.02 Å². The Morgan fingerprint density at radius 2 is 1.61 bits per heavy atom. The van der Waals surface area contributed by atoms with Crippen LogP contribution >= 0.6 is 11.6 Å². The van der Waals surface area contributed by atoms with Crippen molar-refractivity contribution in [2.24, 2.45) is 0 Å². The van der Waals surface area contributed by atoms with Crippen molar-refractivity contribution in [2.75, 3.05) is 5.32 Å². The van der Waals surface area contributed by atoms with E-state index < -0.39 is 29.4 Å². The van der Waals surface area contributed by atoms with Crippen molar-refractivity contribution in [3.05, 3.63) is 118 Å². The number of ketones is 1. The summed E-state index contributed by atoms with van der Waals surface area (Å²) in [4.78, 5) is 30.3. The van der Waals surface area contributed by atoms with Gasteiger partial charge in [-0.3, -0.25) is 9.59 Å². The van der Waals surface area contributed by atoms with Gasteiger partial charge in [0.15, 0.2) is 22.8 Å². The van der Waals surface area contributed by atoms with Crippen LogP contribution in [0.5, 0.6) is 0 Å². The Kier molecular flexibility index (Phi) is 6.41. The molecule has 0 unspecified atom stereocenters. The van der Waals surface area contributed by atoms with Crippen molar-refractivity contribution in [1.29, 1.82) is 0 Å². The number of carbonyl (C=O) groups excluding carboxylic acids is 2. The van der Waals surface area contributed by atoms with E-state index >= 15 is 0 Å². The fraction of sp³-hybridized carbons (Fsp3) is 0.0370. The first-order valence-corrected chi connectivity index (χ1v) is 11.4. The van der Waals surface area contributed by atoms with Crippen molar-refractivity contribution >= 4 is 34.6 Å². The highest BCUT2D eigenvalue weighted by molar-refractivity contribution is 6.31. The second-order valence-electron chi connectivity index (χ2n) is 8.17. The molecule has 11 heteroatoms. The second kappa shape index (κ2) is 9.71. The highest BCUT2D eigenvalue weighted by atomic mass is 35.5. The van der Waals surface area contributed by atoms with Crippen LogP contribution in [-0.2, 0) is 6.18 Å². The van der Waals surface area contributed by atoms with Crippen LogP contribution in [0, 0.1) is 5.82 Å². The van der Waals surface area contributed by atoms with Gasteiger partial charge in [-0.05, 0) is 48.5 Å². The molecule has 3 aromatic carbocycles. The molecule has 190 valence electrons. The van der Waals surface area contributed by atoms with Gasteiger partial charge in [0.2, 0.25) is 0 Å². The SMILES string of the molecule is O=C(Nc1ccc(Cl)cc1C(=O)c1ccccc1)c1cc2nc(-c3ccc(F)cc3)cc(C(F)(F)F)n2n1. The van der Waals surface area contributed by atoms with Gasteiger partial charge in [0, 0.05) is 27.8 Å². The lowest BCUT2D eigenvalue weighted by molar-refractivity contribution is -0.142. The van der Waals surface area contributed by atoms with E-state index in [-0.39, 0.29) is 38.9 Å². The summed E-state index contributed by atoms with van der Waals surface area (Å²) in [5, 5.41) is 6.61. The summed E-state index contributed by atoms with van der Waals surface area (Å²) >= 11 is 6.07. The van der Waals surface area contributed by atoms with E-state index in [1.807, 2.05) is 0 Å². The number of aromatic nitrogens is 3. The zero-order valence-corrected chi connectivity index (χ0v) is 19.9. The number of nitrogens with one attached hydrogen (secondary N) is 1. The number of rotatable bonds is 5.